The standard InChI is InChI=1S/C30H40N4O5S/c1-18(2)15-32-28(37)27-30(5,6)40-17-34(27)29(38)25(36)23(14-21-10-8-7-9-11-21)33-24(35)16-39-26-19(3)12-22(31)13-20(26)4/h7-13,23,25,27,36H,1,14-17,31H2,2-6H3,(H,32,37)(H,33,35)/t23-,25-,27+/m0/s1. The Morgan fingerprint density at radius 2 is 1.82 bits per heavy atom. The molecule has 1 fully saturated rings. The quantitative estimate of drug-likeness (QED) is 0.242. The van der Waals surface area contributed by atoms with E-state index < -0.39 is 34.7 Å². The predicted molar refractivity (Wildman–Crippen MR) is 159 cm³/mol. The van der Waals surface area contributed by atoms with Gasteiger partial charge in [-0.3, -0.25) is 14.4 Å². The molecule has 5 N–H and O–H groups in total. The van der Waals surface area contributed by atoms with Gasteiger partial charge in [0, 0.05) is 17.0 Å². The maximum Gasteiger partial charge on any atom is 0.258 e. The van der Waals surface area contributed by atoms with Crippen molar-refractivity contribution in [2.45, 2.75) is 64.0 Å². The van der Waals surface area contributed by atoms with Gasteiger partial charge in [0.15, 0.2) is 12.7 Å². The number of aryl methyl sites for hydroxylation is 2. The number of amides is 3. The van der Waals surface area contributed by atoms with Gasteiger partial charge in [-0.15, -0.1) is 11.8 Å². The number of carbonyl (C=O) groups excluding carboxylic acids is 3. The molecule has 3 atom stereocenters. The van der Waals surface area contributed by atoms with Crippen molar-refractivity contribution in [2.24, 2.45) is 0 Å². The molecule has 1 aliphatic rings. The molecule has 9 nitrogen and oxygen atoms in total. The van der Waals surface area contributed by atoms with E-state index in [2.05, 4.69) is 17.2 Å². The van der Waals surface area contributed by atoms with E-state index in [4.69, 9.17) is 10.5 Å². The number of hydrogen-bond donors (Lipinski definition) is 4. The van der Waals surface area contributed by atoms with Crippen LogP contribution in [0, 0.1) is 13.8 Å². The van der Waals surface area contributed by atoms with Crippen molar-refractivity contribution in [3.63, 3.8) is 0 Å². The zero-order valence-corrected chi connectivity index (χ0v) is 24.6. The molecule has 0 spiro atoms. The number of nitrogen functional groups attached to an aromatic ring is 1. The van der Waals surface area contributed by atoms with Gasteiger partial charge in [-0.2, -0.15) is 0 Å². The molecule has 40 heavy (non-hydrogen) atoms. The monoisotopic (exact) mass is 568 g/mol. The number of nitrogens with one attached hydrogen (secondary N) is 2. The summed E-state index contributed by atoms with van der Waals surface area (Å²) >= 11 is 1.46. The second-order valence-corrected chi connectivity index (χ2v) is 12.4. The van der Waals surface area contributed by atoms with Gasteiger partial charge >= 0.3 is 0 Å². The number of ether oxygens (including phenoxy) is 1. The lowest BCUT2D eigenvalue weighted by atomic mass is 9.97. The fourth-order valence-corrected chi connectivity index (χ4v) is 5.94. The zero-order valence-electron chi connectivity index (χ0n) is 23.8. The number of nitrogens with zero attached hydrogens (tertiary/aromatic N) is 1. The Morgan fingerprint density at radius 1 is 1.20 bits per heavy atom. The smallest absolute Gasteiger partial charge is 0.258 e. The van der Waals surface area contributed by atoms with E-state index in [-0.39, 0.29) is 24.8 Å². The molecule has 0 radical (unpaired) electrons. The van der Waals surface area contributed by atoms with Crippen LogP contribution < -0.4 is 21.1 Å². The van der Waals surface area contributed by atoms with Crippen molar-refractivity contribution in [3.8, 4) is 5.75 Å². The summed E-state index contributed by atoms with van der Waals surface area (Å²) in [5.41, 5.74) is 9.70. The van der Waals surface area contributed by atoms with E-state index in [1.54, 1.807) is 19.1 Å². The van der Waals surface area contributed by atoms with Gasteiger partial charge in [-0.05, 0) is 69.9 Å². The summed E-state index contributed by atoms with van der Waals surface area (Å²) in [6.45, 7) is 13.1. The van der Waals surface area contributed by atoms with Crippen LogP contribution in [-0.4, -0.2) is 69.7 Å². The molecule has 1 heterocycles. The highest BCUT2D eigenvalue weighted by molar-refractivity contribution is 8.00. The van der Waals surface area contributed by atoms with Gasteiger partial charge in [0.05, 0.1) is 11.9 Å². The topological polar surface area (TPSA) is 134 Å². The van der Waals surface area contributed by atoms with Crippen LogP contribution in [0.4, 0.5) is 5.69 Å². The first-order valence-corrected chi connectivity index (χ1v) is 14.2. The van der Waals surface area contributed by atoms with Crippen molar-refractivity contribution in [2.75, 3.05) is 24.8 Å². The molecule has 3 amide bonds. The summed E-state index contributed by atoms with van der Waals surface area (Å²) in [7, 11) is 0. The fraction of sp³-hybridized carbons (Fsp3) is 0.433. The second kappa shape index (κ2) is 13.2. The molecule has 0 aromatic heterocycles. The summed E-state index contributed by atoms with van der Waals surface area (Å²) < 4.78 is 5.22. The Kier molecular flexibility index (Phi) is 10.3. The number of hydrogen-bond acceptors (Lipinski definition) is 7. The molecule has 2 aromatic rings. The maximum atomic E-state index is 13.7. The summed E-state index contributed by atoms with van der Waals surface area (Å²) in [5, 5.41) is 16.9. The summed E-state index contributed by atoms with van der Waals surface area (Å²) in [4.78, 5) is 41.2. The number of rotatable bonds is 11. The van der Waals surface area contributed by atoms with Gasteiger partial charge in [-0.25, -0.2) is 0 Å². The largest absolute Gasteiger partial charge is 0.483 e. The summed E-state index contributed by atoms with van der Waals surface area (Å²) in [6, 6.07) is 11.0. The highest BCUT2D eigenvalue weighted by atomic mass is 32.2. The number of thioether (sulfide) groups is 1. The van der Waals surface area contributed by atoms with E-state index in [1.807, 2.05) is 58.0 Å². The third-order valence-corrected chi connectivity index (χ3v) is 8.13. The van der Waals surface area contributed by atoms with Gasteiger partial charge in [0.2, 0.25) is 5.91 Å². The molecular weight excluding hydrogens is 528 g/mol. The third-order valence-electron chi connectivity index (χ3n) is 6.75. The van der Waals surface area contributed by atoms with E-state index in [9.17, 15) is 19.5 Å². The van der Waals surface area contributed by atoms with Crippen LogP contribution in [0.25, 0.3) is 0 Å². The highest BCUT2D eigenvalue weighted by Gasteiger charge is 2.49. The van der Waals surface area contributed by atoms with Crippen molar-refractivity contribution in [1.29, 1.82) is 0 Å². The van der Waals surface area contributed by atoms with Crippen molar-refractivity contribution in [3.05, 3.63) is 71.3 Å². The average molecular weight is 569 g/mol. The molecule has 0 unspecified atom stereocenters. The van der Waals surface area contributed by atoms with Gasteiger partial charge in [0.25, 0.3) is 11.8 Å². The van der Waals surface area contributed by atoms with Crippen LogP contribution >= 0.6 is 11.8 Å². The molecule has 1 saturated heterocycles. The molecule has 1 aliphatic heterocycles. The Morgan fingerprint density at radius 3 is 2.42 bits per heavy atom. The van der Waals surface area contributed by atoms with E-state index >= 15 is 0 Å². The van der Waals surface area contributed by atoms with E-state index in [0.29, 0.717) is 18.0 Å². The van der Waals surface area contributed by atoms with Crippen LogP contribution in [0.5, 0.6) is 5.75 Å². The Labute approximate surface area is 240 Å². The normalized spacial score (nSPS) is 17.6. The Bertz CT molecular complexity index is 1230. The van der Waals surface area contributed by atoms with Gasteiger partial charge in [0.1, 0.15) is 11.8 Å². The molecular formula is C30H40N4O5S. The van der Waals surface area contributed by atoms with Crippen molar-refractivity contribution >= 4 is 35.2 Å². The molecule has 2 aromatic carbocycles. The molecule has 216 valence electrons. The maximum absolute atomic E-state index is 13.7. The lowest BCUT2D eigenvalue weighted by Gasteiger charge is -2.33. The third kappa shape index (κ3) is 7.79. The molecule has 0 saturated carbocycles. The number of anilines is 1. The first kappa shape index (κ1) is 31.0. The predicted octanol–water partition coefficient (Wildman–Crippen LogP) is 2.73. The Hall–Kier alpha value is -3.50. The van der Waals surface area contributed by atoms with Crippen LogP contribution in [0.3, 0.4) is 0 Å². The fourth-order valence-electron chi connectivity index (χ4n) is 4.80. The number of carbonyl (C=O) groups is 3. The minimum atomic E-state index is -1.59. The van der Waals surface area contributed by atoms with Crippen LogP contribution in [0.2, 0.25) is 0 Å². The zero-order chi connectivity index (χ0) is 29.6. The first-order valence-electron chi connectivity index (χ1n) is 13.2. The summed E-state index contributed by atoms with van der Waals surface area (Å²) in [6.07, 6.45) is -1.38. The molecule has 0 bridgehead atoms. The van der Waals surface area contributed by atoms with Gasteiger partial charge in [-0.1, -0.05) is 42.5 Å². The molecule has 0 aliphatic carbocycles. The van der Waals surface area contributed by atoms with E-state index in [1.165, 1.54) is 16.7 Å². The minimum absolute atomic E-state index is 0.205. The lowest BCUT2D eigenvalue weighted by Crippen LogP contribution is -2.59. The average Bonchev–Trinajstić information content (AvgIpc) is 3.20. The number of aliphatic hydroxyl groups excluding tert-OH is 1. The summed E-state index contributed by atoms with van der Waals surface area (Å²) in [5.74, 6) is -0.639. The lowest BCUT2D eigenvalue weighted by molar-refractivity contribution is -0.147. The SMILES string of the molecule is C=C(C)CNC(=O)[C@H]1N(C(=O)[C@@H](O)[C@H](Cc2ccccc2)NC(=O)COc2c(C)cc(N)cc2C)CSC1(C)C. The van der Waals surface area contributed by atoms with Crippen LogP contribution in [0.15, 0.2) is 54.6 Å². The number of aliphatic hydroxyl groups is 1. The first-order chi connectivity index (χ1) is 18.8. The number of benzene rings is 2. The van der Waals surface area contributed by atoms with Crippen molar-refractivity contribution < 1.29 is 24.2 Å². The molecule has 10 heteroatoms. The van der Waals surface area contributed by atoms with E-state index in [0.717, 1.165) is 22.3 Å². The van der Waals surface area contributed by atoms with Crippen molar-refractivity contribution in [1.82, 2.24) is 15.5 Å². The Balaban J connectivity index is 1.78. The highest BCUT2D eigenvalue weighted by Crippen LogP contribution is 2.40. The van der Waals surface area contributed by atoms with Gasteiger partial charge < -0.3 is 31.1 Å². The molecule has 3 rings (SSSR count). The van der Waals surface area contributed by atoms with Crippen LogP contribution in [0.1, 0.15) is 37.5 Å². The number of nitrogens with two attached hydrogens (primary N) is 1. The van der Waals surface area contributed by atoms with Crippen LogP contribution in [-0.2, 0) is 20.8 Å². The minimum Gasteiger partial charge on any atom is -0.483 e. The second-order valence-electron chi connectivity index (χ2n) is 10.8.